The van der Waals surface area contributed by atoms with E-state index in [0.717, 1.165) is 5.56 Å². The maximum absolute atomic E-state index is 9.50. The van der Waals surface area contributed by atoms with Gasteiger partial charge in [0.25, 0.3) is 0 Å². The van der Waals surface area contributed by atoms with Crippen molar-refractivity contribution in [3.8, 4) is 6.07 Å². The average Bonchev–Trinajstić information content (AvgIpc) is 2.16. The van der Waals surface area contributed by atoms with E-state index in [0.29, 0.717) is 5.56 Å². The minimum absolute atomic E-state index is 0.594. The molecule has 3 heteroatoms. The second-order valence-corrected chi connectivity index (χ2v) is 2.88. The Morgan fingerprint density at radius 3 is 2.46 bits per heavy atom. The number of rotatable bonds is 2. The number of hydrogen-bond donors (Lipinski definition) is 2. The summed E-state index contributed by atoms with van der Waals surface area (Å²) in [7, 11) is 0. The first-order valence-electron chi connectivity index (χ1n) is 3.98. The van der Waals surface area contributed by atoms with Crippen LogP contribution in [0.15, 0.2) is 24.3 Å². The Hall–Kier alpha value is -1.37. The van der Waals surface area contributed by atoms with Gasteiger partial charge in [0.2, 0.25) is 0 Å². The molecular formula is C10H11NO2. The van der Waals surface area contributed by atoms with Gasteiger partial charge in [-0.3, -0.25) is 0 Å². The van der Waals surface area contributed by atoms with Gasteiger partial charge in [0.15, 0.2) is 6.10 Å². The van der Waals surface area contributed by atoms with Crippen LogP contribution >= 0.6 is 0 Å². The number of benzene rings is 1. The Labute approximate surface area is 76.9 Å². The summed E-state index contributed by atoms with van der Waals surface area (Å²) < 4.78 is 0. The van der Waals surface area contributed by atoms with Crippen molar-refractivity contribution in [1.29, 1.82) is 5.26 Å². The minimum Gasteiger partial charge on any atom is -0.385 e. The molecule has 2 unspecified atom stereocenters. The monoisotopic (exact) mass is 177 g/mol. The average molecular weight is 177 g/mol. The molecule has 0 heterocycles. The van der Waals surface area contributed by atoms with Gasteiger partial charge in [-0.1, -0.05) is 24.3 Å². The smallest absolute Gasteiger partial charge is 0.170 e. The van der Waals surface area contributed by atoms with Gasteiger partial charge < -0.3 is 10.2 Å². The lowest BCUT2D eigenvalue weighted by Crippen LogP contribution is -2.16. The largest absolute Gasteiger partial charge is 0.385 e. The van der Waals surface area contributed by atoms with Crippen molar-refractivity contribution in [2.24, 2.45) is 0 Å². The lowest BCUT2D eigenvalue weighted by Gasteiger charge is -2.13. The number of aryl methyl sites for hydroxylation is 1. The zero-order valence-electron chi connectivity index (χ0n) is 7.31. The molecule has 0 saturated carbocycles. The fraction of sp³-hybridized carbons (Fsp3) is 0.300. The van der Waals surface area contributed by atoms with E-state index in [2.05, 4.69) is 0 Å². The maximum atomic E-state index is 9.50. The third-order valence-electron chi connectivity index (χ3n) is 1.94. The van der Waals surface area contributed by atoms with E-state index >= 15 is 0 Å². The molecule has 1 rings (SSSR count). The van der Waals surface area contributed by atoms with E-state index in [4.69, 9.17) is 10.4 Å². The Morgan fingerprint density at radius 2 is 1.92 bits per heavy atom. The molecule has 0 aliphatic heterocycles. The van der Waals surface area contributed by atoms with Gasteiger partial charge >= 0.3 is 0 Å². The highest BCUT2D eigenvalue weighted by molar-refractivity contribution is 5.29. The lowest BCUT2D eigenvalue weighted by atomic mass is 10.0. The number of nitriles is 1. The van der Waals surface area contributed by atoms with Gasteiger partial charge in [0.1, 0.15) is 6.10 Å². The van der Waals surface area contributed by atoms with Crippen LogP contribution < -0.4 is 0 Å². The fourth-order valence-electron chi connectivity index (χ4n) is 1.16. The standard InChI is InChI=1S/C10H11NO2/c1-7-4-2-3-5-8(7)10(13)9(12)6-11/h2-5,9-10,12-13H,1H3. The Morgan fingerprint density at radius 1 is 1.31 bits per heavy atom. The molecule has 0 amide bonds. The van der Waals surface area contributed by atoms with Crippen molar-refractivity contribution in [2.75, 3.05) is 0 Å². The highest BCUT2D eigenvalue weighted by atomic mass is 16.3. The second-order valence-electron chi connectivity index (χ2n) is 2.88. The molecule has 0 fully saturated rings. The van der Waals surface area contributed by atoms with Crippen LogP contribution in [0, 0.1) is 18.3 Å². The van der Waals surface area contributed by atoms with Crippen molar-refractivity contribution < 1.29 is 10.2 Å². The van der Waals surface area contributed by atoms with E-state index in [-0.39, 0.29) is 0 Å². The van der Waals surface area contributed by atoms with Crippen molar-refractivity contribution >= 4 is 0 Å². The zero-order valence-corrected chi connectivity index (χ0v) is 7.31. The van der Waals surface area contributed by atoms with Crippen LogP contribution in [-0.2, 0) is 0 Å². The van der Waals surface area contributed by atoms with Crippen LogP contribution in [0.25, 0.3) is 0 Å². The molecule has 0 saturated heterocycles. The van der Waals surface area contributed by atoms with Crippen LogP contribution in [0.4, 0.5) is 0 Å². The Kier molecular flexibility index (Phi) is 3.02. The Bertz CT molecular complexity index is 330. The molecule has 68 valence electrons. The number of aliphatic hydroxyl groups is 2. The highest BCUT2D eigenvalue weighted by Gasteiger charge is 2.18. The topological polar surface area (TPSA) is 64.2 Å². The van der Waals surface area contributed by atoms with Crippen molar-refractivity contribution in [3.05, 3.63) is 35.4 Å². The van der Waals surface area contributed by atoms with Crippen molar-refractivity contribution in [3.63, 3.8) is 0 Å². The third kappa shape index (κ3) is 2.05. The molecule has 0 bridgehead atoms. The SMILES string of the molecule is Cc1ccccc1C(O)C(O)C#N. The predicted molar refractivity (Wildman–Crippen MR) is 47.8 cm³/mol. The van der Waals surface area contributed by atoms with E-state index in [1.807, 2.05) is 19.1 Å². The quantitative estimate of drug-likeness (QED) is 0.660. The predicted octanol–water partition coefficient (Wildman–Crippen LogP) is 0.913. The first-order valence-corrected chi connectivity index (χ1v) is 3.98. The highest BCUT2D eigenvalue weighted by Crippen LogP contribution is 2.19. The first-order chi connectivity index (χ1) is 6.16. The Balaban J connectivity index is 2.96. The summed E-state index contributed by atoms with van der Waals surface area (Å²) in [5.74, 6) is 0. The van der Waals surface area contributed by atoms with Crippen LogP contribution in [0.3, 0.4) is 0 Å². The van der Waals surface area contributed by atoms with Crippen LogP contribution in [0.5, 0.6) is 0 Å². The molecule has 1 aromatic carbocycles. The van der Waals surface area contributed by atoms with Gasteiger partial charge in [0.05, 0.1) is 6.07 Å². The van der Waals surface area contributed by atoms with Crippen molar-refractivity contribution in [2.45, 2.75) is 19.1 Å². The molecule has 0 spiro atoms. The second kappa shape index (κ2) is 4.04. The number of hydrogen-bond acceptors (Lipinski definition) is 3. The van der Waals surface area contributed by atoms with E-state index in [9.17, 15) is 5.11 Å². The summed E-state index contributed by atoms with van der Waals surface area (Å²) >= 11 is 0. The molecular weight excluding hydrogens is 166 g/mol. The van der Waals surface area contributed by atoms with Gasteiger partial charge in [-0.2, -0.15) is 5.26 Å². The van der Waals surface area contributed by atoms with Crippen molar-refractivity contribution in [1.82, 2.24) is 0 Å². The van der Waals surface area contributed by atoms with Gasteiger partial charge in [0, 0.05) is 0 Å². The third-order valence-corrected chi connectivity index (χ3v) is 1.94. The maximum Gasteiger partial charge on any atom is 0.170 e. The normalized spacial score (nSPS) is 14.6. The molecule has 1 aromatic rings. The lowest BCUT2D eigenvalue weighted by molar-refractivity contribution is 0.0524. The van der Waals surface area contributed by atoms with E-state index < -0.39 is 12.2 Å². The summed E-state index contributed by atoms with van der Waals surface area (Å²) in [5.41, 5.74) is 1.46. The molecule has 13 heavy (non-hydrogen) atoms. The van der Waals surface area contributed by atoms with Crippen LogP contribution in [-0.4, -0.2) is 16.3 Å². The number of aliphatic hydroxyl groups excluding tert-OH is 2. The minimum atomic E-state index is -1.36. The summed E-state index contributed by atoms with van der Waals surface area (Å²) in [6.07, 6.45) is -2.48. The molecule has 3 nitrogen and oxygen atoms in total. The molecule has 2 atom stereocenters. The van der Waals surface area contributed by atoms with Crippen LogP contribution in [0.2, 0.25) is 0 Å². The van der Waals surface area contributed by atoms with E-state index in [1.54, 1.807) is 18.2 Å². The summed E-state index contributed by atoms with van der Waals surface area (Å²) in [6, 6.07) is 8.71. The molecule has 0 aliphatic carbocycles. The molecule has 0 radical (unpaired) electrons. The molecule has 0 aromatic heterocycles. The molecule has 2 N–H and O–H groups in total. The first kappa shape index (κ1) is 9.72. The number of nitrogens with zero attached hydrogens (tertiary/aromatic N) is 1. The summed E-state index contributed by atoms with van der Waals surface area (Å²) in [5, 5.41) is 27.0. The zero-order chi connectivity index (χ0) is 9.84. The van der Waals surface area contributed by atoms with Gasteiger partial charge in [-0.15, -0.1) is 0 Å². The van der Waals surface area contributed by atoms with Crippen LogP contribution in [0.1, 0.15) is 17.2 Å². The van der Waals surface area contributed by atoms with E-state index in [1.165, 1.54) is 0 Å². The molecule has 0 aliphatic rings. The summed E-state index contributed by atoms with van der Waals surface area (Å²) in [4.78, 5) is 0. The van der Waals surface area contributed by atoms with Gasteiger partial charge in [-0.25, -0.2) is 0 Å². The fourth-order valence-corrected chi connectivity index (χ4v) is 1.16. The van der Waals surface area contributed by atoms with Gasteiger partial charge in [-0.05, 0) is 18.1 Å². The summed E-state index contributed by atoms with van der Waals surface area (Å²) in [6.45, 7) is 1.82.